The monoisotopic (exact) mass is 330 g/mol. The summed E-state index contributed by atoms with van der Waals surface area (Å²) >= 11 is 6.05. The van der Waals surface area contributed by atoms with Crippen LogP contribution in [0.4, 0.5) is 0 Å². The molecule has 23 heavy (non-hydrogen) atoms. The number of nitrogens with zero attached hydrogens (tertiary/aromatic N) is 1. The van der Waals surface area contributed by atoms with Gasteiger partial charge in [0, 0.05) is 18.3 Å². The van der Waals surface area contributed by atoms with Gasteiger partial charge in [0.25, 0.3) is 5.91 Å². The van der Waals surface area contributed by atoms with Gasteiger partial charge in [-0.3, -0.25) is 4.79 Å². The molecule has 4 nitrogen and oxygen atoms in total. The molecule has 1 N–H and O–H groups in total. The van der Waals surface area contributed by atoms with E-state index in [0.29, 0.717) is 23.0 Å². The van der Waals surface area contributed by atoms with Crippen molar-refractivity contribution in [2.75, 3.05) is 0 Å². The summed E-state index contributed by atoms with van der Waals surface area (Å²) < 4.78 is 5.98. The van der Waals surface area contributed by atoms with E-state index < -0.39 is 0 Å². The lowest BCUT2D eigenvalue weighted by atomic mass is 10.2. The molecule has 0 unspecified atom stereocenters. The Labute approximate surface area is 140 Å². The van der Waals surface area contributed by atoms with Crippen molar-refractivity contribution in [2.24, 2.45) is 0 Å². The molecule has 1 aliphatic carbocycles. The van der Waals surface area contributed by atoms with Crippen LogP contribution in [0.5, 0.6) is 5.88 Å². The summed E-state index contributed by atoms with van der Waals surface area (Å²) in [6.45, 7) is 0.361. The zero-order valence-electron chi connectivity index (χ0n) is 12.8. The minimum Gasteiger partial charge on any atom is -0.474 e. The lowest BCUT2D eigenvalue weighted by Crippen LogP contribution is -2.24. The van der Waals surface area contributed by atoms with Crippen LogP contribution in [-0.2, 0) is 6.54 Å². The van der Waals surface area contributed by atoms with E-state index in [-0.39, 0.29) is 12.0 Å². The average molecular weight is 331 g/mol. The number of hydrogen-bond donors (Lipinski definition) is 1. The number of nitrogens with one attached hydrogen (secondary N) is 1. The fourth-order valence-corrected chi connectivity index (χ4v) is 2.97. The van der Waals surface area contributed by atoms with E-state index in [1.807, 2.05) is 12.1 Å². The van der Waals surface area contributed by atoms with Gasteiger partial charge in [-0.25, -0.2) is 4.98 Å². The van der Waals surface area contributed by atoms with E-state index in [1.54, 1.807) is 30.5 Å². The van der Waals surface area contributed by atoms with Gasteiger partial charge in [0.2, 0.25) is 5.88 Å². The maximum Gasteiger partial charge on any atom is 0.253 e. The molecule has 0 atom stereocenters. The second-order valence-electron chi connectivity index (χ2n) is 5.65. The van der Waals surface area contributed by atoms with Crippen molar-refractivity contribution in [3.05, 3.63) is 58.7 Å². The first-order chi connectivity index (χ1) is 11.2. The first kappa shape index (κ1) is 15.8. The molecular weight excluding hydrogens is 312 g/mol. The second kappa shape index (κ2) is 7.47. The van der Waals surface area contributed by atoms with E-state index in [1.165, 1.54) is 12.8 Å². The average Bonchev–Trinajstić information content (AvgIpc) is 3.07. The third-order valence-electron chi connectivity index (χ3n) is 3.99. The molecule has 1 aromatic carbocycles. The standard InChI is InChI=1S/C18H19ClN2O2/c19-16-10-4-3-9-15(16)17(22)21-12-13-6-5-11-20-18(13)23-14-7-1-2-8-14/h3-6,9-11,14H,1-2,7-8,12H2,(H,21,22). The maximum absolute atomic E-state index is 12.2. The van der Waals surface area contributed by atoms with Crippen LogP contribution < -0.4 is 10.1 Å². The predicted molar refractivity (Wildman–Crippen MR) is 89.7 cm³/mol. The molecule has 1 fully saturated rings. The Kier molecular flexibility index (Phi) is 5.13. The molecule has 0 radical (unpaired) electrons. The predicted octanol–water partition coefficient (Wildman–Crippen LogP) is 3.99. The Morgan fingerprint density at radius 1 is 1.22 bits per heavy atom. The lowest BCUT2D eigenvalue weighted by Gasteiger charge is -2.15. The van der Waals surface area contributed by atoms with Crippen molar-refractivity contribution >= 4 is 17.5 Å². The summed E-state index contributed by atoms with van der Waals surface area (Å²) in [7, 11) is 0. The first-order valence-electron chi connectivity index (χ1n) is 7.87. The number of amides is 1. The number of carbonyl (C=O) groups is 1. The third kappa shape index (κ3) is 4.02. The third-order valence-corrected chi connectivity index (χ3v) is 4.32. The van der Waals surface area contributed by atoms with Crippen molar-refractivity contribution in [3.8, 4) is 5.88 Å². The minimum atomic E-state index is -0.203. The van der Waals surface area contributed by atoms with Gasteiger partial charge in [-0.05, 0) is 43.9 Å². The topological polar surface area (TPSA) is 51.2 Å². The lowest BCUT2D eigenvalue weighted by molar-refractivity contribution is 0.0950. The van der Waals surface area contributed by atoms with Crippen molar-refractivity contribution in [3.63, 3.8) is 0 Å². The van der Waals surface area contributed by atoms with Crippen LogP contribution in [0.15, 0.2) is 42.6 Å². The summed E-state index contributed by atoms with van der Waals surface area (Å²) in [4.78, 5) is 16.5. The summed E-state index contributed by atoms with van der Waals surface area (Å²) in [5.41, 5.74) is 1.34. The zero-order chi connectivity index (χ0) is 16.1. The van der Waals surface area contributed by atoms with Crippen molar-refractivity contribution in [1.29, 1.82) is 0 Å². The van der Waals surface area contributed by atoms with Crippen LogP contribution in [0.25, 0.3) is 0 Å². The van der Waals surface area contributed by atoms with E-state index in [9.17, 15) is 4.79 Å². The summed E-state index contributed by atoms with van der Waals surface area (Å²) in [5, 5.41) is 3.32. The Morgan fingerprint density at radius 3 is 2.78 bits per heavy atom. The number of carbonyl (C=O) groups excluding carboxylic acids is 1. The Hall–Kier alpha value is -2.07. The molecule has 1 saturated carbocycles. The van der Waals surface area contributed by atoms with Crippen LogP contribution in [0.2, 0.25) is 5.02 Å². The van der Waals surface area contributed by atoms with Crippen LogP contribution in [0.3, 0.4) is 0 Å². The van der Waals surface area contributed by atoms with E-state index >= 15 is 0 Å². The Morgan fingerprint density at radius 2 is 2.00 bits per heavy atom. The molecule has 1 amide bonds. The quantitative estimate of drug-likeness (QED) is 0.902. The van der Waals surface area contributed by atoms with Gasteiger partial charge in [0.05, 0.1) is 10.6 Å². The maximum atomic E-state index is 12.2. The molecule has 0 aliphatic heterocycles. The highest BCUT2D eigenvalue weighted by Crippen LogP contribution is 2.25. The number of pyridine rings is 1. The highest BCUT2D eigenvalue weighted by molar-refractivity contribution is 6.33. The van der Waals surface area contributed by atoms with Crippen LogP contribution >= 0.6 is 11.6 Å². The van der Waals surface area contributed by atoms with Crippen LogP contribution in [-0.4, -0.2) is 17.0 Å². The van der Waals surface area contributed by atoms with Gasteiger partial charge in [0.1, 0.15) is 6.10 Å². The van der Waals surface area contributed by atoms with Gasteiger partial charge in [-0.1, -0.05) is 29.8 Å². The highest BCUT2D eigenvalue weighted by atomic mass is 35.5. The second-order valence-corrected chi connectivity index (χ2v) is 6.06. The number of hydrogen-bond acceptors (Lipinski definition) is 3. The smallest absolute Gasteiger partial charge is 0.253 e. The fourth-order valence-electron chi connectivity index (χ4n) is 2.74. The molecule has 3 rings (SSSR count). The molecule has 1 heterocycles. The largest absolute Gasteiger partial charge is 0.474 e. The number of rotatable bonds is 5. The van der Waals surface area contributed by atoms with Gasteiger partial charge in [-0.2, -0.15) is 0 Å². The Balaban J connectivity index is 1.66. The van der Waals surface area contributed by atoms with Gasteiger partial charge in [0.15, 0.2) is 0 Å². The summed E-state index contributed by atoms with van der Waals surface area (Å²) in [5.74, 6) is 0.408. The highest BCUT2D eigenvalue weighted by Gasteiger charge is 2.19. The van der Waals surface area contributed by atoms with Crippen LogP contribution in [0.1, 0.15) is 41.6 Å². The Bertz CT molecular complexity index is 684. The van der Waals surface area contributed by atoms with Crippen molar-refractivity contribution < 1.29 is 9.53 Å². The molecular formula is C18H19ClN2O2. The summed E-state index contributed by atoms with van der Waals surface area (Å²) in [6.07, 6.45) is 6.50. The molecule has 1 aromatic heterocycles. The fraction of sp³-hybridized carbons (Fsp3) is 0.333. The van der Waals surface area contributed by atoms with Gasteiger partial charge >= 0.3 is 0 Å². The molecule has 1 aliphatic rings. The first-order valence-corrected chi connectivity index (χ1v) is 8.25. The van der Waals surface area contributed by atoms with Gasteiger partial charge in [-0.15, -0.1) is 0 Å². The molecule has 0 spiro atoms. The SMILES string of the molecule is O=C(NCc1cccnc1OC1CCCC1)c1ccccc1Cl. The number of ether oxygens (including phenoxy) is 1. The molecule has 2 aromatic rings. The summed E-state index contributed by atoms with van der Waals surface area (Å²) in [6, 6.07) is 10.8. The normalized spacial score (nSPS) is 14.7. The van der Waals surface area contributed by atoms with E-state index in [2.05, 4.69) is 10.3 Å². The minimum absolute atomic E-state index is 0.203. The number of aromatic nitrogens is 1. The van der Waals surface area contributed by atoms with Crippen molar-refractivity contribution in [2.45, 2.75) is 38.3 Å². The number of halogens is 1. The number of benzene rings is 1. The van der Waals surface area contributed by atoms with Gasteiger partial charge < -0.3 is 10.1 Å². The molecule has 0 bridgehead atoms. The van der Waals surface area contributed by atoms with E-state index in [4.69, 9.17) is 16.3 Å². The molecule has 120 valence electrons. The zero-order valence-corrected chi connectivity index (χ0v) is 13.6. The van der Waals surface area contributed by atoms with Crippen molar-refractivity contribution in [1.82, 2.24) is 10.3 Å². The van der Waals surface area contributed by atoms with Crippen LogP contribution in [0, 0.1) is 0 Å². The molecule has 5 heteroatoms. The van der Waals surface area contributed by atoms with E-state index in [0.717, 1.165) is 18.4 Å². The molecule has 0 saturated heterocycles.